The van der Waals surface area contributed by atoms with Gasteiger partial charge in [-0.05, 0) is 67.9 Å². The van der Waals surface area contributed by atoms with Gasteiger partial charge in [-0.15, -0.1) is 0 Å². The van der Waals surface area contributed by atoms with E-state index in [1.165, 1.54) is 37.5 Å². The molecule has 0 saturated heterocycles. The van der Waals surface area contributed by atoms with Gasteiger partial charge in [-0.1, -0.05) is 19.9 Å². The third kappa shape index (κ3) is 3.46. The second-order valence-electron chi connectivity index (χ2n) is 11.5. The molecule has 1 aromatic heterocycles. The van der Waals surface area contributed by atoms with Gasteiger partial charge in [0.05, 0.1) is 12.4 Å². The van der Waals surface area contributed by atoms with E-state index in [0.29, 0.717) is 0 Å². The van der Waals surface area contributed by atoms with Crippen LogP contribution in [-0.2, 0) is 19.6 Å². The molecule has 5 rings (SSSR count). The topological polar surface area (TPSA) is 131 Å². The number of ketones is 1. The van der Waals surface area contributed by atoms with Gasteiger partial charge in [0.15, 0.2) is 11.5 Å². The number of hydrogen-bond acceptors (Lipinski definition) is 7. The maximum Gasteiger partial charge on any atom is 0.374 e. The van der Waals surface area contributed by atoms with Crippen LogP contribution in [0.3, 0.4) is 0 Å². The lowest BCUT2D eigenvalue weighted by Crippen LogP contribution is -2.70. The lowest BCUT2D eigenvalue weighted by molar-refractivity contribution is -0.221. The molecular weight excluding hydrogens is 510 g/mol. The standard InChI is InChI=1S/C26H30F2O8S/c1-14-9-16-17-11-19(27)18-10-15(29)6-7-23(18,2)26(17,28)21(30)12-24(16,3)25(14,13-37(32,33)34)36-22(31)20-5-4-8-35-20/h4-8,10,14,16-17,19,21,30H,9,11-13H2,1-3H3,(H,32,33,34)/t14?,16-,17-,19?,21?,23-,24-,25?,26-/m0/s1. The molecule has 0 bridgehead atoms. The Morgan fingerprint density at radius 3 is 2.59 bits per heavy atom. The second-order valence-corrected chi connectivity index (χ2v) is 12.9. The molecule has 0 radical (unpaired) electrons. The van der Waals surface area contributed by atoms with Gasteiger partial charge in [0.1, 0.15) is 17.5 Å². The van der Waals surface area contributed by atoms with E-state index in [2.05, 4.69) is 0 Å². The third-order valence-corrected chi connectivity index (χ3v) is 10.6. The molecule has 1 aromatic rings. The van der Waals surface area contributed by atoms with Crippen molar-refractivity contribution in [1.29, 1.82) is 0 Å². The highest BCUT2D eigenvalue weighted by Gasteiger charge is 2.77. The van der Waals surface area contributed by atoms with E-state index in [4.69, 9.17) is 9.15 Å². The van der Waals surface area contributed by atoms with E-state index in [1.807, 2.05) is 0 Å². The van der Waals surface area contributed by atoms with Crippen molar-refractivity contribution in [3.63, 3.8) is 0 Å². The smallest absolute Gasteiger partial charge is 0.374 e. The lowest BCUT2D eigenvalue weighted by atomic mass is 9.44. The molecule has 2 N–H and O–H groups in total. The van der Waals surface area contributed by atoms with Crippen molar-refractivity contribution < 1.29 is 45.6 Å². The van der Waals surface area contributed by atoms with E-state index in [-0.39, 0.29) is 30.6 Å². The number of alkyl halides is 2. The van der Waals surface area contributed by atoms with E-state index < -0.39 is 79.8 Å². The molecule has 0 spiro atoms. The third-order valence-electron chi connectivity index (χ3n) is 9.78. The first-order valence-electron chi connectivity index (χ1n) is 12.3. The average molecular weight is 541 g/mol. The highest BCUT2D eigenvalue weighted by molar-refractivity contribution is 7.85. The van der Waals surface area contributed by atoms with Crippen molar-refractivity contribution in [3.05, 3.63) is 48.0 Å². The molecule has 9 atom stereocenters. The number of carbonyl (C=O) groups is 2. The van der Waals surface area contributed by atoms with Crippen LogP contribution >= 0.6 is 0 Å². The summed E-state index contributed by atoms with van der Waals surface area (Å²) >= 11 is 0. The Kier molecular flexibility index (Phi) is 5.72. The van der Waals surface area contributed by atoms with Gasteiger partial charge in [-0.2, -0.15) is 8.42 Å². The summed E-state index contributed by atoms with van der Waals surface area (Å²) in [6, 6.07) is 2.79. The Balaban J connectivity index is 1.64. The van der Waals surface area contributed by atoms with E-state index in [9.17, 15) is 27.7 Å². The number of halogens is 2. The molecule has 0 aliphatic heterocycles. The molecule has 8 nitrogen and oxygen atoms in total. The summed E-state index contributed by atoms with van der Waals surface area (Å²) < 4.78 is 78.4. The van der Waals surface area contributed by atoms with Crippen molar-refractivity contribution in [3.8, 4) is 0 Å². The molecule has 0 aromatic carbocycles. The minimum Gasteiger partial charge on any atom is -0.457 e. The molecule has 202 valence electrons. The lowest BCUT2D eigenvalue weighted by Gasteiger charge is -2.63. The summed E-state index contributed by atoms with van der Waals surface area (Å²) in [7, 11) is -4.73. The fourth-order valence-electron chi connectivity index (χ4n) is 8.04. The number of fused-ring (bicyclic) bond motifs is 5. The van der Waals surface area contributed by atoms with Gasteiger partial charge in [-0.3, -0.25) is 9.35 Å². The number of aliphatic hydroxyl groups excluding tert-OH is 1. The zero-order valence-corrected chi connectivity index (χ0v) is 21.5. The fourth-order valence-corrected chi connectivity index (χ4v) is 9.26. The van der Waals surface area contributed by atoms with Gasteiger partial charge in [-0.25, -0.2) is 13.6 Å². The van der Waals surface area contributed by atoms with Crippen LogP contribution in [0.1, 0.15) is 50.6 Å². The summed E-state index contributed by atoms with van der Waals surface area (Å²) in [5, 5.41) is 11.5. The molecule has 4 aliphatic rings. The maximum atomic E-state index is 17.3. The number of furan rings is 1. The van der Waals surface area contributed by atoms with Gasteiger partial charge >= 0.3 is 5.97 Å². The van der Waals surface area contributed by atoms with Crippen LogP contribution < -0.4 is 0 Å². The number of aliphatic hydroxyl groups is 1. The Hall–Kier alpha value is -2.37. The summed E-state index contributed by atoms with van der Waals surface area (Å²) in [4.78, 5) is 25.0. The van der Waals surface area contributed by atoms with Gasteiger partial charge in [0, 0.05) is 16.7 Å². The van der Waals surface area contributed by atoms with Crippen LogP contribution in [0.2, 0.25) is 0 Å². The number of carbonyl (C=O) groups excluding carboxylic acids is 2. The summed E-state index contributed by atoms with van der Waals surface area (Å²) in [5.74, 6) is -5.11. The fraction of sp³-hybridized carbons (Fsp3) is 0.615. The number of allylic oxidation sites excluding steroid dienone is 4. The highest BCUT2D eigenvalue weighted by Crippen LogP contribution is 2.71. The Morgan fingerprint density at radius 2 is 1.97 bits per heavy atom. The first-order valence-corrected chi connectivity index (χ1v) is 13.9. The number of ether oxygens (including phenoxy) is 1. The SMILES string of the molecule is CC1C[C@H]2[C@@H]3CC(F)C4=CC(=O)C=C[C@]4(C)[C@@]3(F)C(O)C[C@]2(C)C1(CS(=O)(=O)O)OC(=O)c1ccco1. The van der Waals surface area contributed by atoms with Gasteiger partial charge < -0.3 is 14.3 Å². The summed E-state index contributed by atoms with van der Waals surface area (Å²) in [5.41, 5.74) is -7.22. The Morgan fingerprint density at radius 1 is 1.27 bits per heavy atom. The molecule has 3 fully saturated rings. The molecule has 11 heteroatoms. The first kappa shape index (κ1) is 26.2. The summed E-state index contributed by atoms with van der Waals surface area (Å²) in [6.45, 7) is 4.71. The van der Waals surface area contributed by atoms with Crippen molar-refractivity contribution in [2.24, 2.45) is 28.6 Å². The van der Waals surface area contributed by atoms with Crippen LogP contribution in [0.15, 0.2) is 46.6 Å². The van der Waals surface area contributed by atoms with Crippen molar-refractivity contribution >= 4 is 21.9 Å². The first-order chi connectivity index (χ1) is 17.1. The molecule has 3 saturated carbocycles. The average Bonchev–Trinajstić information content (AvgIpc) is 3.39. The van der Waals surface area contributed by atoms with E-state index in [0.717, 1.165) is 6.08 Å². The van der Waals surface area contributed by atoms with E-state index in [1.54, 1.807) is 13.8 Å². The van der Waals surface area contributed by atoms with Crippen LogP contribution in [0, 0.1) is 28.6 Å². The predicted octanol–water partition coefficient (Wildman–Crippen LogP) is 3.63. The quantitative estimate of drug-likeness (QED) is 0.437. The monoisotopic (exact) mass is 540 g/mol. The van der Waals surface area contributed by atoms with Gasteiger partial charge in [0.25, 0.3) is 10.1 Å². The van der Waals surface area contributed by atoms with Crippen LogP contribution in [0.25, 0.3) is 0 Å². The zero-order chi connectivity index (χ0) is 27.2. The highest BCUT2D eigenvalue weighted by atomic mass is 32.2. The van der Waals surface area contributed by atoms with E-state index >= 15 is 8.78 Å². The molecular formula is C26H30F2O8S. The second kappa shape index (κ2) is 8.07. The minimum atomic E-state index is -4.73. The molecule has 1 heterocycles. The van der Waals surface area contributed by atoms with Crippen LogP contribution in [-0.4, -0.2) is 59.1 Å². The Labute approximate surface area is 213 Å². The van der Waals surface area contributed by atoms with Crippen molar-refractivity contribution in [2.75, 3.05) is 5.75 Å². The minimum absolute atomic E-state index is 0.0269. The van der Waals surface area contributed by atoms with Gasteiger partial charge in [0.2, 0.25) is 5.76 Å². The molecule has 4 aliphatic carbocycles. The predicted molar refractivity (Wildman–Crippen MR) is 126 cm³/mol. The maximum absolute atomic E-state index is 17.3. The largest absolute Gasteiger partial charge is 0.457 e. The normalized spacial score (nSPS) is 45.0. The molecule has 37 heavy (non-hydrogen) atoms. The molecule has 4 unspecified atom stereocenters. The molecule has 0 amide bonds. The number of hydrogen-bond donors (Lipinski definition) is 2. The Bertz CT molecular complexity index is 1310. The van der Waals surface area contributed by atoms with Crippen LogP contribution in [0.4, 0.5) is 8.78 Å². The van der Waals surface area contributed by atoms with Crippen molar-refractivity contribution in [1.82, 2.24) is 0 Å². The zero-order valence-electron chi connectivity index (χ0n) is 20.7. The van der Waals surface area contributed by atoms with Crippen LogP contribution in [0.5, 0.6) is 0 Å². The summed E-state index contributed by atoms with van der Waals surface area (Å²) in [6.07, 6.45) is 0.939. The van der Waals surface area contributed by atoms with Crippen molar-refractivity contribution in [2.45, 2.75) is 63.6 Å². The number of rotatable bonds is 4. The number of esters is 1.